The molecule has 0 spiro atoms. The van der Waals surface area contributed by atoms with Gasteiger partial charge in [0.05, 0.1) is 16.8 Å². The van der Waals surface area contributed by atoms with Gasteiger partial charge in [0.15, 0.2) is 0 Å². The highest BCUT2D eigenvalue weighted by atomic mass is 35.5. The number of nitrogens with one attached hydrogen (secondary N) is 1. The maximum absolute atomic E-state index is 12.5. The van der Waals surface area contributed by atoms with Gasteiger partial charge in [-0.05, 0) is 30.4 Å². The molecule has 0 radical (unpaired) electrons. The third-order valence-corrected chi connectivity index (χ3v) is 5.41. The number of carbonyl (C=O) groups excluding carboxylic acids is 3. The van der Waals surface area contributed by atoms with Gasteiger partial charge in [0, 0.05) is 11.6 Å². The van der Waals surface area contributed by atoms with Crippen LogP contribution in [0.15, 0.2) is 30.4 Å². The molecule has 1 aromatic carbocycles. The third-order valence-electron chi connectivity index (χ3n) is 5.09. The van der Waals surface area contributed by atoms with E-state index in [-0.39, 0.29) is 22.4 Å². The summed E-state index contributed by atoms with van der Waals surface area (Å²) < 4.78 is 0. The minimum Gasteiger partial charge on any atom is -0.272 e. The van der Waals surface area contributed by atoms with Crippen molar-refractivity contribution in [3.8, 4) is 0 Å². The molecule has 2 bridgehead atoms. The predicted octanol–water partition coefficient (Wildman–Crippen LogP) is 1.70. The van der Waals surface area contributed by atoms with Crippen molar-refractivity contribution in [2.24, 2.45) is 23.7 Å². The Morgan fingerprint density at radius 1 is 1.20 bits per heavy atom. The molecule has 2 fully saturated rings. The Kier molecular flexibility index (Phi) is 3.40. The second-order valence-corrected chi connectivity index (χ2v) is 6.78. The molecule has 1 heterocycles. The van der Waals surface area contributed by atoms with Crippen LogP contribution < -0.4 is 5.43 Å². The molecule has 128 valence electrons. The van der Waals surface area contributed by atoms with E-state index in [1.807, 2.05) is 12.2 Å². The molecule has 1 saturated heterocycles. The van der Waals surface area contributed by atoms with Gasteiger partial charge in [-0.15, -0.1) is 0 Å². The molecule has 8 nitrogen and oxygen atoms in total. The van der Waals surface area contributed by atoms with Crippen LogP contribution in [0.1, 0.15) is 16.8 Å². The number of allylic oxidation sites excluding steroid dienone is 2. The van der Waals surface area contributed by atoms with Gasteiger partial charge >= 0.3 is 0 Å². The molecule has 1 saturated carbocycles. The number of hydrogen-bond acceptors (Lipinski definition) is 5. The number of hydrogen-bond donors (Lipinski definition) is 1. The molecular formula is C16H12ClN3O5. The van der Waals surface area contributed by atoms with Crippen molar-refractivity contribution in [1.29, 1.82) is 0 Å². The van der Waals surface area contributed by atoms with E-state index in [2.05, 4.69) is 5.43 Å². The third kappa shape index (κ3) is 2.25. The lowest BCUT2D eigenvalue weighted by Crippen LogP contribution is -2.47. The smallest absolute Gasteiger partial charge is 0.272 e. The van der Waals surface area contributed by atoms with Crippen molar-refractivity contribution in [3.05, 3.63) is 51.1 Å². The number of amides is 3. The van der Waals surface area contributed by atoms with Crippen molar-refractivity contribution in [2.75, 3.05) is 0 Å². The van der Waals surface area contributed by atoms with Crippen LogP contribution >= 0.6 is 11.6 Å². The fraction of sp³-hybridized carbons (Fsp3) is 0.312. The van der Waals surface area contributed by atoms with Gasteiger partial charge in [-0.2, -0.15) is 5.01 Å². The molecule has 25 heavy (non-hydrogen) atoms. The summed E-state index contributed by atoms with van der Waals surface area (Å²) in [5.41, 5.74) is 1.80. The summed E-state index contributed by atoms with van der Waals surface area (Å²) in [5.74, 6) is -2.42. The van der Waals surface area contributed by atoms with Crippen molar-refractivity contribution >= 4 is 35.0 Å². The maximum Gasteiger partial charge on any atom is 0.288 e. The number of hydrazine groups is 1. The topological polar surface area (TPSA) is 110 Å². The van der Waals surface area contributed by atoms with Crippen molar-refractivity contribution in [2.45, 2.75) is 6.42 Å². The van der Waals surface area contributed by atoms with Crippen LogP contribution in [0.25, 0.3) is 0 Å². The molecule has 3 amide bonds. The van der Waals surface area contributed by atoms with Gasteiger partial charge in [0.1, 0.15) is 5.02 Å². The predicted molar refractivity (Wildman–Crippen MR) is 85.1 cm³/mol. The monoisotopic (exact) mass is 361 g/mol. The van der Waals surface area contributed by atoms with Crippen LogP contribution in [0.5, 0.6) is 0 Å². The van der Waals surface area contributed by atoms with E-state index in [0.717, 1.165) is 17.5 Å². The molecule has 0 unspecified atom stereocenters. The Morgan fingerprint density at radius 2 is 1.80 bits per heavy atom. The number of halogens is 1. The minimum atomic E-state index is -0.776. The normalized spacial score (nSPS) is 29.2. The standard InChI is InChI=1S/C16H12ClN3O5/c17-10-4-3-9(6-11(10)20(24)25)14(21)18-19-15(22)12-7-1-2-8(5-7)13(12)16(19)23/h1-4,6-8,12-13H,5H2,(H,18,21)/t7-,8+,12-,13+. The first kappa shape index (κ1) is 15.8. The van der Waals surface area contributed by atoms with Crippen molar-refractivity contribution in [1.82, 2.24) is 10.4 Å². The molecule has 0 aromatic heterocycles. The van der Waals surface area contributed by atoms with E-state index < -0.39 is 40.2 Å². The van der Waals surface area contributed by atoms with Crippen LogP contribution in [-0.4, -0.2) is 27.7 Å². The van der Waals surface area contributed by atoms with E-state index >= 15 is 0 Å². The average molecular weight is 362 g/mol. The summed E-state index contributed by atoms with van der Waals surface area (Å²) in [7, 11) is 0. The van der Waals surface area contributed by atoms with Crippen LogP contribution in [-0.2, 0) is 9.59 Å². The Balaban J connectivity index is 1.56. The lowest BCUT2D eigenvalue weighted by atomic mass is 9.85. The first-order valence-corrected chi connectivity index (χ1v) is 8.07. The summed E-state index contributed by atoms with van der Waals surface area (Å²) in [6.45, 7) is 0. The fourth-order valence-corrected chi connectivity index (χ4v) is 4.16. The van der Waals surface area contributed by atoms with E-state index in [9.17, 15) is 24.5 Å². The van der Waals surface area contributed by atoms with Gasteiger partial charge in [-0.1, -0.05) is 23.8 Å². The van der Waals surface area contributed by atoms with Crippen molar-refractivity contribution < 1.29 is 19.3 Å². The summed E-state index contributed by atoms with van der Waals surface area (Å²) in [4.78, 5) is 47.6. The number of imide groups is 1. The number of nitro benzene ring substituents is 1. The summed E-state index contributed by atoms with van der Waals surface area (Å²) in [6, 6.07) is 3.53. The highest BCUT2D eigenvalue weighted by Crippen LogP contribution is 2.52. The van der Waals surface area contributed by atoms with Crippen LogP contribution in [0, 0.1) is 33.8 Å². The number of fused-ring (bicyclic) bond motifs is 5. The number of carbonyl (C=O) groups is 3. The quantitative estimate of drug-likeness (QED) is 0.381. The maximum atomic E-state index is 12.5. The number of rotatable bonds is 3. The van der Waals surface area contributed by atoms with E-state index in [1.165, 1.54) is 12.1 Å². The Labute approximate surface area is 146 Å². The van der Waals surface area contributed by atoms with E-state index in [1.54, 1.807) is 0 Å². The number of benzene rings is 1. The van der Waals surface area contributed by atoms with Gasteiger partial charge in [0.2, 0.25) is 0 Å². The summed E-state index contributed by atoms with van der Waals surface area (Å²) in [6.07, 6.45) is 4.69. The fourth-order valence-electron chi connectivity index (χ4n) is 3.97. The highest BCUT2D eigenvalue weighted by Gasteiger charge is 2.59. The Morgan fingerprint density at radius 3 is 2.36 bits per heavy atom. The molecule has 2 aliphatic carbocycles. The van der Waals surface area contributed by atoms with Crippen LogP contribution in [0.3, 0.4) is 0 Å². The zero-order chi connectivity index (χ0) is 17.9. The largest absolute Gasteiger partial charge is 0.288 e. The molecular weight excluding hydrogens is 350 g/mol. The Bertz CT molecular complexity index is 837. The summed E-state index contributed by atoms with van der Waals surface area (Å²) in [5, 5.41) is 11.6. The molecule has 4 rings (SSSR count). The first-order chi connectivity index (χ1) is 11.9. The van der Waals surface area contributed by atoms with Gasteiger partial charge < -0.3 is 0 Å². The van der Waals surface area contributed by atoms with Crippen LogP contribution in [0.4, 0.5) is 5.69 Å². The zero-order valence-corrected chi connectivity index (χ0v) is 13.5. The average Bonchev–Trinajstić information content (AvgIpc) is 3.24. The van der Waals surface area contributed by atoms with Crippen molar-refractivity contribution in [3.63, 3.8) is 0 Å². The van der Waals surface area contributed by atoms with Gasteiger partial charge in [-0.3, -0.25) is 29.9 Å². The zero-order valence-electron chi connectivity index (χ0n) is 12.7. The highest BCUT2D eigenvalue weighted by molar-refractivity contribution is 6.32. The van der Waals surface area contributed by atoms with Crippen LogP contribution in [0.2, 0.25) is 5.02 Å². The molecule has 4 atom stereocenters. The molecule has 1 N–H and O–H groups in total. The van der Waals surface area contributed by atoms with Gasteiger partial charge in [-0.25, -0.2) is 0 Å². The lowest BCUT2D eigenvalue weighted by Gasteiger charge is -2.18. The first-order valence-electron chi connectivity index (χ1n) is 7.69. The van der Waals surface area contributed by atoms with E-state index in [4.69, 9.17) is 11.6 Å². The summed E-state index contributed by atoms with van der Waals surface area (Å²) >= 11 is 5.72. The molecule has 1 aliphatic heterocycles. The number of nitro groups is 1. The second-order valence-electron chi connectivity index (χ2n) is 6.38. The van der Waals surface area contributed by atoms with E-state index in [0.29, 0.717) is 0 Å². The Hall–Kier alpha value is -2.74. The SMILES string of the molecule is O=C(NN1C(=O)[C@@H]2[C@H](C1=O)[C@@H]1C=C[C@H]2C1)c1ccc(Cl)c([N+](=O)[O-])c1. The molecule has 3 aliphatic rings. The molecule has 9 heteroatoms. The number of nitrogens with zero attached hydrogens (tertiary/aromatic N) is 2. The second kappa shape index (κ2) is 5.38. The van der Waals surface area contributed by atoms with Gasteiger partial charge in [0.25, 0.3) is 23.4 Å². The lowest BCUT2D eigenvalue weighted by molar-refractivity contribution is -0.384. The minimum absolute atomic E-state index is 0.0324. The molecule has 1 aromatic rings.